The first-order chi connectivity index (χ1) is 19.0. The summed E-state index contributed by atoms with van der Waals surface area (Å²) in [4.78, 5) is 0. The largest absolute Gasteiger partial charge is 0.522 e. The highest BCUT2D eigenvalue weighted by atomic mass is 32.2. The number of methoxy groups -OCH3 is 1. The molecule has 0 amide bonds. The molecule has 0 atom stereocenters. The highest BCUT2D eigenvalue weighted by Gasteiger charge is 2.44. The Morgan fingerprint density at radius 1 is 0.683 bits per heavy atom. The molecule has 3 rings (SSSR count). The summed E-state index contributed by atoms with van der Waals surface area (Å²) in [6, 6.07) is 29.0. The van der Waals surface area contributed by atoms with Gasteiger partial charge in [-0.3, -0.25) is 4.55 Å². The molecule has 0 radical (unpaired) electrons. The number of benzene rings is 3. The molecule has 0 heterocycles. The van der Waals surface area contributed by atoms with E-state index in [-0.39, 0.29) is 13.5 Å². The van der Waals surface area contributed by atoms with Crippen molar-refractivity contribution in [2.24, 2.45) is 0 Å². The highest BCUT2D eigenvalue weighted by Crippen LogP contribution is 2.20. The van der Waals surface area contributed by atoms with E-state index in [1.165, 1.54) is 12.5 Å². The van der Waals surface area contributed by atoms with Crippen LogP contribution in [-0.2, 0) is 19.6 Å². The van der Waals surface area contributed by atoms with Gasteiger partial charge in [0.05, 0.1) is 19.6 Å². The van der Waals surface area contributed by atoms with Crippen LogP contribution in [0.25, 0.3) is 0 Å². The predicted octanol–water partition coefficient (Wildman–Crippen LogP) is 6.65. The van der Waals surface area contributed by atoms with Crippen LogP contribution in [0.4, 0.5) is 13.2 Å². The van der Waals surface area contributed by atoms with Crippen molar-refractivity contribution >= 4 is 23.6 Å². The van der Waals surface area contributed by atoms with Gasteiger partial charge in [-0.25, -0.2) is 0 Å². The topological polar surface area (TPSA) is 101 Å². The summed E-state index contributed by atoms with van der Waals surface area (Å²) in [5, 5.41) is 0. The lowest BCUT2D eigenvalue weighted by molar-refractivity contribution is -0.0510. The van der Waals surface area contributed by atoms with Gasteiger partial charge in [0.1, 0.15) is 43.7 Å². The maximum Gasteiger partial charge on any atom is 0.522 e. The van der Waals surface area contributed by atoms with Crippen molar-refractivity contribution in [3.05, 3.63) is 117 Å². The van der Waals surface area contributed by atoms with Gasteiger partial charge in [-0.05, 0) is 36.4 Å². The van der Waals surface area contributed by atoms with Crippen LogP contribution in [0.3, 0.4) is 0 Å². The maximum atomic E-state index is 10.7. The minimum atomic E-state index is -5.84. The van der Waals surface area contributed by atoms with Crippen molar-refractivity contribution in [3.8, 4) is 17.2 Å². The molecule has 0 unspecified atom stereocenters. The Balaban J connectivity index is 0. The van der Waals surface area contributed by atoms with Crippen LogP contribution >= 0.6 is 13.5 Å². The van der Waals surface area contributed by atoms with Crippen LogP contribution in [0.5, 0.6) is 17.2 Å². The van der Waals surface area contributed by atoms with E-state index < -0.39 is 15.6 Å². The van der Waals surface area contributed by atoms with E-state index in [1.807, 2.05) is 91.0 Å². The third-order valence-corrected chi connectivity index (χ3v) is 4.52. The summed E-state index contributed by atoms with van der Waals surface area (Å²) in [5.74, 6) is 2.64. The smallest absolute Gasteiger partial charge is 0.498 e. The van der Waals surface area contributed by atoms with E-state index in [0.717, 1.165) is 17.2 Å². The van der Waals surface area contributed by atoms with Gasteiger partial charge in [0, 0.05) is 0 Å². The molecule has 3 aromatic carbocycles. The third-order valence-electron chi connectivity index (χ3n) is 3.93. The Kier molecular flexibility index (Phi) is 23.0. The van der Waals surface area contributed by atoms with Crippen LogP contribution in [0, 0.1) is 0 Å². The number of hydrogen-bond acceptors (Lipinski definition) is 7. The monoisotopic (exact) mass is 620 g/mol. The molecule has 3 aromatic rings. The first kappa shape index (κ1) is 39.3. The van der Waals surface area contributed by atoms with Gasteiger partial charge in [0.25, 0.3) is 0 Å². The van der Waals surface area contributed by atoms with Gasteiger partial charge >= 0.3 is 15.6 Å². The lowest BCUT2D eigenvalue weighted by Gasteiger charge is -2.04. The average molecular weight is 621 g/mol. The van der Waals surface area contributed by atoms with Gasteiger partial charge in [0.15, 0.2) is 0 Å². The van der Waals surface area contributed by atoms with Crippen molar-refractivity contribution < 1.29 is 49.8 Å². The van der Waals surface area contributed by atoms with E-state index in [9.17, 15) is 13.2 Å². The number of hydrogen-bond donors (Lipinski definition) is 1. The molecule has 8 nitrogen and oxygen atoms in total. The number of halogens is 3. The quantitative estimate of drug-likeness (QED) is 0.110. The second kappa shape index (κ2) is 24.0. The fraction of sp³-hybridized carbons (Fsp3) is 0.214. The normalized spacial score (nSPS) is 9.68. The minimum Gasteiger partial charge on any atom is -0.498 e. The fourth-order valence-corrected chi connectivity index (χ4v) is 2.17. The molecular formula is C28H35F3O8S2. The van der Waals surface area contributed by atoms with Crippen LogP contribution in [0.15, 0.2) is 117 Å². The summed E-state index contributed by atoms with van der Waals surface area (Å²) in [5.41, 5.74) is -5.53. The van der Waals surface area contributed by atoms with Gasteiger partial charge in [-0.2, -0.15) is 35.1 Å². The first-order valence-electron chi connectivity index (χ1n) is 11.5. The fourth-order valence-electron chi connectivity index (χ4n) is 2.17. The lowest BCUT2D eigenvalue weighted by atomic mass is 10.3. The molecule has 0 fully saturated rings. The number of rotatable bonds is 11. The molecule has 0 bridgehead atoms. The molecule has 41 heavy (non-hydrogen) atoms. The number of alkyl halides is 3. The van der Waals surface area contributed by atoms with Gasteiger partial charge in [0.2, 0.25) is 0 Å². The SMILES string of the molecule is C=COCCOc1ccccc1.C=COCCOc1ccccc1.COc1ccccc1.O=S(=O)(O)C(F)(F)F.S. The van der Waals surface area contributed by atoms with E-state index in [0.29, 0.717) is 26.4 Å². The van der Waals surface area contributed by atoms with E-state index in [4.69, 9.17) is 36.7 Å². The lowest BCUT2D eigenvalue weighted by Crippen LogP contribution is -2.21. The molecule has 0 saturated heterocycles. The molecule has 228 valence electrons. The van der Waals surface area contributed by atoms with Crippen LogP contribution in [0.2, 0.25) is 0 Å². The Morgan fingerprint density at radius 2 is 0.976 bits per heavy atom. The van der Waals surface area contributed by atoms with E-state index >= 15 is 0 Å². The Hall–Kier alpha value is -3.81. The van der Waals surface area contributed by atoms with Crippen LogP contribution in [0.1, 0.15) is 0 Å². The zero-order valence-electron chi connectivity index (χ0n) is 22.4. The Bertz CT molecular complexity index is 1080. The van der Waals surface area contributed by atoms with Gasteiger partial charge in [-0.15, -0.1) is 0 Å². The zero-order valence-corrected chi connectivity index (χ0v) is 24.2. The molecule has 0 aliphatic heterocycles. The van der Waals surface area contributed by atoms with Gasteiger partial charge in [-0.1, -0.05) is 67.8 Å². The molecule has 1 N–H and O–H groups in total. The van der Waals surface area contributed by atoms with Crippen molar-refractivity contribution in [3.63, 3.8) is 0 Å². The summed E-state index contributed by atoms with van der Waals surface area (Å²) in [6.07, 6.45) is 2.82. The van der Waals surface area contributed by atoms with Crippen molar-refractivity contribution in [2.75, 3.05) is 33.5 Å². The van der Waals surface area contributed by atoms with Crippen molar-refractivity contribution in [1.82, 2.24) is 0 Å². The summed E-state index contributed by atoms with van der Waals surface area (Å²) >= 11 is 0. The van der Waals surface area contributed by atoms with Crippen molar-refractivity contribution in [1.29, 1.82) is 0 Å². The Labute approximate surface area is 246 Å². The second-order valence-electron chi connectivity index (χ2n) is 6.84. The van der Waals surface area contributed by atoms with Gasteiger partial charge < -0.3 is 23.7 Å². The average Bonchev–Trinajstić information content (AvgIpc) is 2.95. The predicted molar refractivity (Wildman–Crippen MR) is 157 cm³/mol. The number of ether oxygens (including phenoxy) is 5. The molecule has 13 heteroatoms. The minimum absolute atomic E-state index is 0. The highest BCUT2D eigenvalue weighted by molar-refractivity contribution is 7.86. The molecule has 0 aromatic heterocycles. The van der Waals surface area contributed by atoms with Crippen molar-refractivity contribution in [2.45, 2.75) is 5.51 Å². The summed E-state index contributed by atoms with van der Waals surface area (Å²) < 4.78 is 82.9. The Morgan fingerprint density at radius 3 is 1.20 bits per heavy atom. The summed E-state index contributed by atoms with van der Waals surface area (Å²) in [6.45, 7) is 9.04. The zero-order chi connectivity index (χ0) is 30.1. The summed E-state index contributed by atoms with van der Waals surface area (Å²) in [7, 11) is -4.18. The molecule has 0 aliphatic carbocycles. The molecule has 0 saturated carbocycles. The maximum absolute atomic E-state index is 10.7. The van der Waals surface area contributed by atoms with E-state index in [2.05, 4.69) is 13.2 Å². The number of para-hydroxylation sites is 3. The van der Waals surface area contributed by atoms with Crippen LogP contribution < -0.4 is 14.2 Å². The second-order valence-corrected chi connectivity index (χ2v) is 8.25. The molecular weight excluding hydrogens is 585 g/mol. The van der Waals surface area contributed by atoms with Crippen LogP contribution in [-0.4, -0.2) is 52.0 Å². The van der Waals surface area contributed by atoms with E-state index in [1.54, 1.807) is 7.11 Å². The molecule has 0 spiro atoms. The molecule has 0 aliphatic rings. The standard InChI is InChI=1S/2C10H12O2.C7H8O.CHF3O3S.H2S/c2*1-2-11-8-9-12-10-6-4-3-5-7-10;1-8-7-5-3-2-4-6-7;2-1(3,4)8(5,6)7;/h2*2-7H,1,8-9H2;2-6H,1H3;(H,5,6,7);1H2. The first-order valence-corrected chi connectivity index (χ1v) is 12.9. The third kappa shape index (κ3) is 22.7.